The van der Waals surface area contributed by atoms with Crippen molar-refractivity contribution in [2.24, 2.45) is 0 Å². The number of carbonyl (C=O) groups is 1. The first kappa shape index (κ1) is 9.43. The Labute approximate surface area is 88.3 Å². The first-order valence-electron chi connectivity index (χ1n) is 3.93. The highest BCUT2D eigenvalue weighted by Crippen LogP contribution is 2.16. The monoisotopic (exact) mass is 227 g/mol. The largest absolute Gasteiger partial charge is 0.312 e. The molecule has 1 N–H and O–H groups in total. The predicted molar refractivity (Wildman–Crippen MR) is 57.5 cm³/mol. The molecule has 1 heterocycles. The highest BCUT2D eigenvalue weighted by molar-refractivity contribution is 7.16. The van der Waals surface area contributed by atoms with Crippen molar-refractivity contribution < 1.29 is 4.79 Å². The molecule has 0 saturated carbocycles. The fraction of sp³-hybridized carbons (Fsp3) is 0.111. The van der Waals surface area contributed by atoms with Crippen LogP contribution in [0.4, 0.5) is 0 Å². The lowest BCUT2D eigenvalue weighted by molar-refractivity contribution is 0.102. The summed E-state index contributed by atoms with van der Waals surface area (Å²) < 4.78 is 0.848. The molecule has 5 heteroatoms. The van der Waals surface area contributed by atoms with Crippen molar-refractivity contribution in [2.75, 3.05) is 5.88 Å². The van der Waals surface area contributed by atoms with E-state index in [9.17, 15) is 9.59 Å². The minimum atomic E-state index is -0.138. The summed E-state index contributed by atoms with van der Waals surface area (Å²) in [4.78, 5) is 24.8. The van der Waals surface area contributed by atoms with Crippen LogP contribution in [0.2, 0.25) is 0 Å². The Morgan fingerprint density at radius 2 is 2.29 bits per heavy atom. The number of alkyl halides is 1. The molecule has 0 aliphatic heterocycles. The third kappa shape index (κ3) is 1.58. The fourth-order valence-corrected chi connectivity index (χ4v) is 2.07. The second-order valence-corrected chi connectivity index (χ2v) is 4.06. The fourth-order valence-electron chi connectivity index (χ4n) is 1.20. The van der Waals surface area contributed by atoms with E-state index in [1.54, 1.807) is 18.2 Å². The van der Waals surface area contributed by atoms with Gasteiger partial charge >= 0.3 is 4.87 Å². The number of aromatic amines is 1. The molecule has 14 heavy (non-hydrogen) atoms. The molecule has 1 aromatic carbocycles. The number of hydrogen-bond donors (Lipinski definition) is 1. The third-order valence-corrected chi connectivity index (χ3v) is 2.97. The summed E-state index contributed by atoms with van der Waals surface area (Å²) in [6.45, 7) is 0. The zero-order chi connectivity index (χ0) is 10.1. The van der Waals surface area contributed by atoms with Gasteiger partial charge in [-0.15, -0.1) is 11.6 Å². The molecule has 1 aromatic heterocycles. The molecule has 0 spiro atoms. The van der Waals surface area contributed by atoms with E-state index in [0.717, 1.165) is 16.0 Å². The van der Waals surface area contributed by atoms with Crippen LogP contribution >= 0.6 is 22.9 Å². The Kier molecular flexibility index (Phi) is 2.39. The molecule has 0 saturated heterocycles. The molecule has 2 rings (SSSR count). The molecule has 3 nitrogen and oxygen atoms in total. The minimum Gasteiger partial charge on any atom is -0.312 e. The maximum atomic E-state index is 11.2. The van der Waals surface area contributed by atoms with Crippen LogP contribution in [0.25, 0.3) is 10.2 Å². The number of fused-ring (bicyclic) bond motifs is 1. The number of thiazole rings is 1. The molecule has 0 fully saturated rings. The summed E-state index contributed by atoms with van der Waals surface area (Å²) in [6.07, 6.45) is 0. The van der Waals surface area contributed by atoms with Crippen molar-refractivity contribution >= 4 is 38.9 Å². The van der Waals surface area contributed by atoms with Gasteiger partial charge in [-0.05, 0) is 18.2 Å². The lowest BCUT2D eigenvalue weighted by atomic mass is 10.1. The smallest absolute Gasteiger partial charge is 0.305 e. The molecule has 0 unspecified atom stereocenters. The van der Waals surface area contributed by atoms with E-state index in [1.165, 1.54) is 0 Å². The van der Waals surface area contributed by atoms with Crippen molar-refractivity contribution in [3.05, 3.63) is 33.4 Å². The highest BCUT2D eigenvalue weighted by atomic mass is 35.5. The summed E-state index contributed by atoms with van der Waals surface area (Å²) in [5.41, 5.74) is 1.22. The minimum absolute atomic E-state index is 0.0418. The van der Waals surface area contributed by atoms with E-state index in [0.29, 0.717) is 11.1 Å². The first-order chi connectivity index (χ1) is 6.70. The van der Waals surface area contributed by atoms with Crippen LogP contribution in [0.15, 0.2) is 23.0 Å². The summed E-state index contributed by atoms with van der Waals surface area (Å²) in [7, 11) is 0. The number of carbonyl (C=O) groups excluding carboxylic acids is 1. The summed E-state index contributed by atoms with van der Waals surface area (Å²) in [5.74, 6) is -0.180. The summed E-state index contributed by atoms with van der Waals surface area (Å²) in [6, 6.07) is 5.08. The molecule has 0 atom stereocenters. The van der Waals surface area contributed by atoms with Crippen molar-refractivity contribution in [2.45, 2.75) is 0 Å². The van der Waals surface area contributed by atoms with Crippen molar-refractivity contribution in [1.82, 2.24) is 4.98 Å². The molecule has 0 aliphatic rings. The number of H-pyrrole nitrogens is 1. The predicted octanol–water partition coefficient (Wildman–Crippen LogP) is 2.01. The average molecular weight is 228 g/mol. The molecule has 72 valence electrons. The number of Topliss-reactive ketones (excluding diaryl/α,β-unsaturated/α-hetero) is 1. The molecule has 0 amide bonds. The topological polar surface area (TPSA) is 49.9 Å². The number of rotatable bonds is 2. The zero-order valence-corrected chi connectivity index (χ0v) is 8.61. The van der Waals surface area contributed by atoms with Gasteiger partial charge in [0.25, 0.3) is 0 Å². The van der Waals surface area contributed by atoms with Gasteiger partial charge in [0, 0.05) is 5.56 Å². The van der Waals surface area contributed by atoms with Crippen LogP contribution < -0.4 is 4.87 Å². The molecular weight excluding hydrogens is 222 g/mol. The molecule has 0 bridgehead atoms. The van der Waals surface area contributed by atoms with Crippen LogP contribution in [0.3, 0.4) is 0 Å². The second-order valence-electron chi connectivity index (χ2n) is 2.78. The molecular formula is C9H6ClNO2S. The van der Waals surface area contributed by atoms with Gasteiger partial charge in [0.1, 0.15) is 0 Å². The first-order valence-corrected chi connectivity index (χ1v) is 5.28. The second kappa shape index (κ2) is 3.55. The number of nitrogens with one attached hydrogen (secondary N) is 1. The van der Waals surface area contributed by atoms with Gasteiger partial charge in [-0.3, -0.25) is 9.59 Å². The molecule has 0 radical (unpaired) electrons. The Bertz CT molecular complexity index is 543. The van der Waals surface area contributed by atoms with Crippen LogP contribution in [0.1, 0.15) is 10.4 Å². The lowest BCUT2D eigenvalue weighted by Crippen LogP contribution is -1.99. The molecule has 0 aliphatic carbocycles. The number of halogens is 1. The lowest BCUT2D eigenvalue weighted by Gasteiger charge is -1.95. The van der Waals surface area contributed by atoms with E-state index in [2.05, 4.69) is 4.98 Å². The Balaban J connectivity index is 2.61. The SMILES string of the molecule is O=C(CCl)c1ccc2sc(=O)[nH]c2c1. The summed E-state index contributed by atoms with van der Waals surface area (Å²) in [5, 5.41) is 0. The van der Waals surface area contributed by atoms with Crippen molar-refractivity contribution in [3.8, 4) is 0 Å². The number of hydrogen-bond acceptors (Lipinski definition) is 3. The van der Waals surface area contributed by atoms with Crippen LogP contribution in [-0.4, -0.2) is 16.6 Å². The summed E-state index contributed by atoms with van der Waals surface area (Å²) >= 11 is 6.55. The highest BCUT2D eigenvalue weighted by Gasteiger charge is 2.06. The average Bonchev–Trinajstić information content (AvgIpc) is 2.55. The van der Waals surface area contributed by atoms with Gasteiger partial charge in [0.15, 0.2) is 5.78 Å². The normalized spacial score (nSPS) is 10.6. The quantitative estimate of drug-likeness (QED) is 0.630. The maximum absolute atomic E-state index is 11.2. The van der Waals surface area contributed by atoms with E-state index in [-0.39, 0.29) is 16.5 Å². The zero-order valence-electron chi connectivity index (χ0n) is 7.04. The van der Waals surface area contributed by atoms with Gasteiger partial charge in [0.2, 0.25) is 0 Å². The third-order valence-electron chi connectivity index (χ3n) is 1.86. The van der Waals surface area contributed by atoms with Crippen LogP contribution in [0, 0.1) is 0 Å². The number of benzene rings is 1. The Morgan fingerprint density at radius 3 is 3.00 bits per heavy atom. The van der Waals surface area contributed by atoms with Gasteiger partial charge < -0.3 is 4.98 Å². The van der Waals surface area contributed by atoms with Gasteiger partial charge in [-0.25, -0.2) is 0 Å². The van der Waals surface area contributed by atoms with E-state index in [1.807, 2.05) is 0 Å². The van der Waals surface area contributed by atoms with E-state index in [4.69, 9.17) is 11.6 Å². The van der Waals surface area contributed by atoms with E-state index < -0.39 is 0 Å². The van der Waals surface area contributed by atoms with Gasteiger partial charge in [-0.1, -0.05) is 11.3 Å². The van der Waals surface area contributed by atoms with Gasteiger partial charge in [0.05, 0.1) is 16.1 Å². The number of aromatic nitrogens is 1. The van der Waals surface area contributed by atoms with E-state index >= 15 is 0 Å². The standard InChI is InChI=1S/C9H6ClNO2S/c10-4-7(12)5-1-2-8-6(3-5)11-9(13)14-8/h1-3H,4H2,(H,11,13). The van der Waals surface area contributed by atoms with Crippen molar-refractivity contribution in [1.29, 1.82) is 0 Å². The van der Waals surface area contributed by atoms with Crippen molar-refractivity contribution in [3.63, 3.8) is 0 Å². The Hall–Kier alpha value is -1.13. The molecule has 2 aromatic rings. The van der Waals surface area contributed by atoms with Crippen LogP contribution in [-0.2, 0) is 0 Å². The maximum Gasteiger partial charge on any atom is 0.305 e. The number of ketones is 1. The Morgan fingerprint density at radius 1 is 1.50 bits per heavy atom. The van der Waals surface area contributed by atoms with Gasteiger partial charge in [-0.2, -0.15) is 0 Å². The van der Waals surface area contributed by atoms with Crippen LogP contribution in [0.5, 0.6) is 0 Å².